The highest BCUT2D eigenvalue weighted by Gasteiger charge is 2.12. The maximum atomic E-state index is 10.7. The van der Waals surface area contributed by atoms with Gasteiger partial charge in [0.05, 0.1) is 4.92 Å². The number of fused-ring (bicyclic) bond motifs is 1. The zero-order valence-electron chi connectivity index (χ0n) is 12.5. The summed E-state index contributed by atoms with van der Waals surface area (Å²) in [4.78, 5) is 14.6. The van der Waals surface area contributed by atoms with Crippen LogP contribution in [0.5, 0.6) is 0 Å². The maximum absolute atomic E-state index is 10.7. The Hall–Kier alpha value is -2.11. The number of nitrogens with zero attached hydrogens (tertiary/aromatic N) is 2. The van der Waals surface area contributed by atoms with E-state index in [1.807, 2.05) is 0 Å². The van der Waals surface area contributed by atoms with Gasteiger partial charge in [0.25, 0.3) is 11.7 Å². The largest absolute Gasteiger partial charge is 0.424 e. The lowest BCUT2D eigenvalue weighted by atomic mass is 10.1. The lowest BCUT2D eigenvalue weighted by Gasteiger charge is -2.11. The smallest absolute Gasteiger partial charge is 0.295 e. The first-order valence-corrected chi connectivity index (χ1v) is 7.41. The molecule has 2 aromatic rings. The van der Waals surface area contributed by atoms with Crippen LogP contribution in [0.25, 0.3) is 11.1 Å². The molecule has 0 spiro atoms. The van der Waals surface area contributed by atoms with Crippen molar-refractivity contribution in [1.29, 1.82) is 0 Å². The van der Waals surface area contributed by atoms with Gasteiger partial charge in [0.2, 0.25) is 0 Å². The predicted octanol–water partition coefficient (Wildman–Crippen LogP) is 4.51. The monoisotopic (exact) mass is 291 g/mol. The fourth-order valence-corrected chi connectivity index (χ4v) is 2.25. The molecule has 0 amide bonds. The van der Waals surface area contributed by atoms with Crippen LogP contribution >= 0.6 is 0 Å². The van der Waals surface area contributed by atoms with E-state index in [0.717, 1.165) is 6.42 Å². The molecule has 0 bridgehead atoms. The lowest BCUT2D eigenvalue weighted by molar-refractivity contribution is -0.384. The van der Waals surface area contributed by atoms with E-state index in [2.05, 4.69) is 24.1 Å². The highest BCUT2D eigenvalue weighted by molar-refractivity contribution is 5.77. The van der Waals surface area contributed by atoms with Crippen LogP contribution < -0.4 is 5.32 Å². The molecule has 6 nitrogen and oxygen atoms in total. The molecule has 1 atom stereocenters. The second-order valence-electron chi connectivity index (χ2n) is 5.32. The normalized spacial score (nSPS) is 12.5. The minimum atomic E-state index is -0.433. The molecule has 114 valence electrons. The van der Waals surface area contributed by atoms with E-state index in [1.54, 1.807) is 6.07 Å². The van der Waals surface area contributed by atoms with Crippen molar-refractivity contribution in [3.8, 4) is 0 Å². The summed E-state index contributed by atoms with van der Waals surface area (Å²) in [5.41, 5.74) is 1.08. The first kappa shape index (κ1) is 15.3. The van der Waals surface area contributed by atoms with Crippen LogP contribution in [-0.2, 0) is 0 Å². The molecule has 6 heteroatoms. The van der Waals surface area contributed by atoms with Gasteiger partial charge in [-0.1, -0.05) is 32.6 Å². The molecule has 0 radical (unpaired) electrons. The minimum absolute atomic E-state index is 0.0231. The van der Waals surface area contributed by atoms with E-state index in [-0.39, 0.29) is 11.7 Å². The summed E-state index contributed by atoms with van der Waals surface area (Å²) in [7, 11) is 0. The molecular weight excluding hydrogens is 270 g/mol. The number of unbranched alkanes of at least 4 members (excludes halogenated alkanes) is 3. The number of oxazole rings is 1. The van der Waals surface area contributed by atoms with E-state index >= 15 is 0 Å². The maximum Gasteiger partial charge on any atom is 0.295 e. The third-order valence-corrected chi connectivity index (χ3v) is 3.44. The van der Waals surface area contributed by atoms with Crippen molar-refractivity contribution >= 4 is 22.8 Å². The van der Waals surface area contributed by atoms with Crippen molar-refractivity contribution in [3.63, 3.8) is 0 Å². The number of nitro groups is 1. The lowest BCUT2D eigenvalue weighted by Crippen LogP contribution is -2.14. The summed E-state index contributed by atoms with van der Waals surface area (Å²) < 4.78 is 5.56. The zero-order chi connectivity index (χ0) is 15.2. The number of nitrogens with one attached hydrogen (secondary N) is 1. The molecule has 21 heavy (non-hydrogen) atoms. The molecule has 1 heterocycles. The van der Waals surface area contributed by atoms with Crippen molar-refractivity contribution in [1.82, 2.24) is 4.98 Å². The molecule has 2 rings (SSSR count). The van der Waals surface area contributed by atoms with Crippen molar-refractivity contribution in [2.45, 2.75) is 52.0 Å². The van der Waals surface area contributed by atoms with Gasteiger partial charge in [-0.2, -0.15) is 4.98 Å². The highest BCUT2D eigenvalue weighted by atomic mass is 16.6. The Bertz CT molecular complexity index is 609. The van der Waals surface area contributed by atoms with Crippen LogP contribution in [0.2, 0.25) is 0 Å². The van der Waals surface area contributed by atoms with Crippen molar-refractivity contribution in [2.75, 3.05) is 5.32 Å². The Morgan fingerprint density at radius 3 is 2.90 bits per heavy atom. The van der Waals surface area contributed by atoms with E-state index in [0.29, 0.717) is 17.1 Å². The number of hydrogen-bond donors (Lipinski definition) is 1. The number of nitro benzene ring substituents is 1. The second-order valence-corrected chi connectivity index (χ2v) is 5.32. The van der Waals surface area contributed by atoms with Crippen molar-refractivity contribution in [2.24, 2.45) is 0 Å². The summed E-state index contributed by atoms with van der Waals surface area (Å²) in [6.07, 6.45) is 5.96. The molecule has 1 aromatic heterocycles. The molecule has 0 aliphatic carbocycles. The highest BCUT2D eigenvalue weighted by Crippen LogP contribution is 2.24. The van der Waals surface area contributed by atoms with E-state index in [9.17, 15) is 10.1 Å². The third-order valence-electron chi connectivity index (χ3n) is 3.44. The Kier molecular flexibility index (Phi) is 5.14. The van der Waals surface area contributed by atoms with Crippen LogP contribution in [0.3, 0.4) is 0 Å². The fraction of sp³-hybridized carbons (Fsp3) is 0.533. The first-order valence-electron chi connectivity index (χ1n) is 7.41. The molecule has 1 unspecified atom stereocenters. The van der Waals surface area contributed by atoms with Crippen LogP contribution in [-0.4, -0.2) is 15.9 Å². The van der Waals surface area contributed by atoms with Gasteiger partial charge in [-0.3, -0.25) is 10.1 Å². The molecule has 0 saturated carbocycles. The molecule has 0 aliphatic heterocycles. The van der Waals surface area contributed by atoms with Crippen LogP contribution in [0.1, 0.15) is 46.0 Å². The number of aromatic nitrogens is 1. The summed E-state index contributed by atoms with van der Waals surface area (Å²) in [5, 5.41) is 13.9. The Labute approximate surface area is 123 Å². The van der Waals surface area contributed by atoms with Gasteiger partial charge in [-0.15, -0.1) is 0 Å². The SMILES string of the molecule is CCCCCCC(C)Nc1nc2cc([N+](=O)[O-])ccc2o1. The summed E-state index contributed by atoms with van der Waals surface area (Å²) >= 11 is 0. The van der Waals surface area contributed by atoms with E-state index < -0.39 is 4.92 Å². The Morgan fingerprint density at radius 1 is 1.38 bits per heavy atom. The van der Waals surface area contributed by atoms with Gasteiger partial charge in [0, 0.05) is 18.2 Å². The third kappa shape index (κ3) is 4.18. The van der Waals surface area contributed by atoms with Gasteiger partial charge in [-0.05, 0) is 19.4 Å². The predicted molar refractivity (Wildman–Crippen MR) is 82.5 cm³/mol. The standard InChI is InChI=1S/C15H21N3O3/c1-3-4-5-6-7-11(2)16-15-17-13-10-12(18(19)20)8-9-14(13)21-15/h8-11H,3-7H2,1-2H3,(H,16,17). The number of anilines is 1. The molecule has 1 N–H and O–H groups in total. The van der Waals surface area contributed by atoms with Gasteiger partial charge in [0.1, 0.15) is 5.52 Å². The van der Waals surface area contributed by atoms with Gasteiger partial charge < -0.3 is 9.73 Å². The number of non-ortho nitro benzene ring substituents is 1. The van der Waals surface area contributed by atoms with Crippen LogP contribution in [0.4, 0.5) is 11.7 Å². The van der Waals surface area contributed by atoms with Gasteiger partial charge in [0.15, 0.2) is 5.58 Å². The number of benzene rings is 1. The topological polar surface area (TPSA) is 81.2 Å². The summed E-state index contributed by atoms with van der Waals surface area (Å²) in [6.45, 7) is 4.28. The molecule has 0 fully saturated rings. The van der Waals surface area contributed by atoms with Crippen molar-refractivity contribution in [3.05, 3.63) is 28.3 Å². The number of rotatable bonds is 8. The first-order chi connectivity index (χ1) is 10.1. The van der Waals surface area contributed by atoms with E-state index in [1.165, 1.54) is 37.8 Å². The van der Waals surface area contributed by atoms with Crippen LogP contribution in [0.15, 0.2) is 22.6 Å². The molecule has 1 aromatic carbocycles. The zero-order valence-corrected chi connectivity index (χ0v) is 12.5. The molecular formula is C15H21N3O3. The fourth-order valence-electron chi connectivity index (χ4n) is 2.25. The van der Waals surface area contributed by atoms with Gasteiger partial charge in [-0.25, -0.2) is 0 Å². The van der Waals surface area contributed by atoms with Crippen LogP contribution in [0, 0.1) is 10.1 Å². The Morgan fingerprint density at radius 2 is 2.19 bits per heavy atom. The Balaban J connectivity index is 1.97. The average Bonchev–Trinajstić information content (AvgIpc) is 2.84. The second kappa shape index (κ2) is 7.06. The average molecular weight is 291 g/mol. The molecule has 0 aliphatic rings. The minimum Gasteiger partial charge on any atom is -0.424 e. The van der Waals surface area contributed by atoms with Gasteiger partial charge >= 0.3 is 0 Å². The number of hydrogen-bond acceptors (Lipinski definition) is 5. The summed E-state index contributed by atoms with van der Waals surface area (Å²) in [5.74, 6) is 0. The van der Waals surface area contributed by atoms with E-state index in [4.69, 9.17) is 4.42 Å². The summed E-state index contributed by atoms with van der Waals surface area (Å²) in [6, 6.07) is 5.12. The quantitative estimate of drug-likeness (QED) is 0.439. The molecule has 0 saturated heterocycles. The van der Waals surface area contributed by atoms with Crippen molar-refractivity contribution < 1.29 is 9.34 Å².